The van der Waals surface area contributed by atoms with Crippen LogP contribution in [0.2, 0.25) is 0 Å². The van der Waals surface area contributed by atoms with Gasteiger partial charge in [0.05, 0.1) is 6.54 Å². The van der Waals surface area contributed by atoms with Gasteiger partial charge in [-0.1, -0.05) is 12.8 Å². The molecule has 1 rings (SSSR count). The average Bonchev–Trinajstić information content (AvgIpc) is 2.05. The molecule has 0 aliphatic carbocycles. The van der Waals surface area contributed by atoms with Crippen LogP contribution in [0, 0.1) is 11.8 Å². The first-order valence-electron chi connectivity index (χ1n) is 4.74. The molecule has 0 spiro atoms. The Morgan fingerprint density at radius 2 is 2.33 bits per heavy atom. The average molecular weight is 166 g/mol. The quantitative estimate of drug-likeness (QED) is 0.577. The zero-order valence-electron chi connectivity index (χ0n) is 8.06. The predicted molar refractivity (Wildman–Crippen MR) is 52.0 cm³/mol. The molecule has 0 aromatic rings. The van der Waals surface area contributed by atoms with Gasteiger partial charge in [0.25, 0.3) is 0 Å². The van der Waals surface area contributed by atoms with E-state index < -0.39 is 0 Å². The SMILES string of the molecule is CCC#CCN1CCNC(C)C1. The minimum Gasteiger partial charge on any atom is -0.312 e. The zero-order valence-corrected chi connectivity index (χ0v) is 8.06. The molecule has 1 heterocycles. The van der Waals surface area contributed by atoms with Crippen molar-refractivity contribution in [2.45, 2.75) is 26.3 Å². The van der Waals surface area contributed by atoms with Crippen LogP contribution in [0.4, 0.5) is 0 Å². The Bertz CT molecular complexity index is 178. The zero-order chi connectivity index (χ0) is 8.81. The van der Waals surface area contributed by atoms with Crippen LogP contribution in [0.3, 0.4) is 0 Å². The molecule has 1 atom stereocenters. The van der Waals surface area contributed by atoms with Crippen molar-refractivity contribution in [3.05, 3.63) is 0 Å². The molecular weight excluding hydrogens is 148 g/mol. The lowest BCUT2D eigenvalue weighted by Crippen LogP contribution is -2.49. The molecule has 0 radical (unpaired) electrons. The topological polar surface area (TPSA) is 15.3 Å². The molecule has 0 saturated carbocycles. The van der Waals surface area contributed by atoms with E-state index in [0.29, 0.717) is 6.04 Å². The minimum absolute atomic E-state index is 0.627. The molecule has 68 valence electrons. The van der Waals surface area contributed by atoms with Gasteiger partial charge in [-0.15, -0.1) is 5.92 Å². The Morgan fingerprint density at radius 3 is 3.00 bits per heavy atom. The Kier molecular flexibility index (Phi) is 4.13. The predicted octanol–water partition coefficient (Wildman–Crippen LogP) is 0.694. The van der Waals surface area contributed by atoms with E-state index in [2.05, 4.69) is 35.9 Å². The first kappa shape index (κ1) is 9.57. The van der Waals surface area contributed by atoms with Crippen molar-refractivity contribution in [1.82, 2.24) is 10.2 Å². The molecule has 0 bridgehead atoms. The second kappa shape index (κ2) is 5.18. The molecular formula is C10H18N2. The number of nitrogens with zero attached hydrogens (tertiary/aromatic N) is 1. The monoisotopic (exact) mass is 166 g/mol. The van der Waals surface area contributed by atoms with Gasteiger partial charge in [-0.05, 0) is 6.92 Å². The lowest BCUT2D eigenvalue weighted by atomic mass is 10.2. The van der Waals surface area contributed by atoms with E-state index in [1.807, 2.05) is 0 Å². The Labute approximate surface area is 75.3 Å². The molecule has 1 unspecified atom stereocenters. The van der Waals surface area contributed by atoms with Crippen molar-refractivity contribution in [2.75, 3.05) is 26.2 Å². The Morgan fingerprint density at radius 1 is 1.50 bits per heavy atom. The van der Waals surface area contributed by atoms with Crippen LogP contribution in [0.1, 0.15) is 20.3 Å². The molecule has 0 amide bonds. The standard InChI is InChI=1S/C10H18N2/c1-3-4-5-7-12-8-6-11-10(2)9-12/h10-11H,3,6-9H2,1-2H3. The van der Waals surface area contributed by atoms with Gasteiger partial charge >= 0.3 is 0 Å². The van der Waals surface area contributed by atoms with E-state index in [9.17, 15) is 0 Å². The highest BCUT2D eigenvalue weighted by Crippen LogP contribution is 1.96. The summed E-state index contributed by atoms with van der Waals surface area (Å²) in [5, 5.41) is 3.41. The molecule has 0 aromatic carbocycles. The lowest BCUT2D eigenvalue weighted by Gasteiger charge is -2.30. The first-order valence-corrected chi connectivity index (χ1v) is 4.74. The maximum atomic E-state index is 3.41. The van der Waals surface area contributed by atoms with Gasteiger partial charge in [-0.3, -0.25) is 4.90 Å². The highest BCUT2D eigenvalue weighted by atomic mass is 15.2. The van der Waals surface area contributed by atoms with Gasteiger partial charge < -0.3 is 5.32 Å². The fourth-order valence-corrected chi connectivity index (χ4v) is 1.45. The molecule has 1 fully saturated rings. The van der Waals surface area contributed by atoms with E-state index >= 15 is 0 Å². The van der Waals surface area contributed by atoms with E-state index in [4.69, 9.17) is 0 Å². The minimum atomic E-state index is 0.627. The number of rotatable bonds is 1. The van der Waals surface area contributed by atoms with Crippen LogP contribution in [-0.4, -0.2) is 37.1 Å². The fourth-order valence-electron chi connectivity index (χ4n) is 1.45. The van der Waals surface area contributed by atoms with E-state index in [-0.39, 0.29) is 0 Å². The fraction of sp³-hybridized carbons (Fsp3) is 0.800. The summed E-state index contributed by atoms with van der Waals surface area (Å²) >= 11 is 0. The van der Waals surface area contributed by atoms with Gasteiger partial charge in [0.1, 0.15) is 0 Å². The lowest BCUT2D eigenvalue weighted by molar-refractivity contribution is 0.229. The summed E-state index contributed by atoms with van der Waals surface area (Å²) in [6.45, 7) is 8.64. The van der Waals surface area contributed by atoms with Gasteiger partial charge in [-0.25, -0.2) is 0 Å². The second-order valence-corrected chi connectivity index (χ2v) is 3.30. The Hall–Kier alpha value is -0.520. The van der Waals surface area contributed by atoms with E-state index in [1.165, 1.54) is 0 Å². The largest absolute Gasteiger partial charge is 0.312 e. The van der Waals surface area contributed by atoms with E-state index in [1.54, 1.807) is 0 Å². The van der Waals surface area contributed by atoms with Crippen molar-refractivity contribution in [1.29, 1.82) is 0 Å². The van der Waals surface area contributed by atoms with Crippen molar-refractivity contribution >= 4 is 0 Å². The molecule has 1 saturated heterocycles. The smallest absolute Gasteiger partial charge is 0.0602 e. The van der Waals surface area contributed by atoms with Gasteiger partial charge in [0.15, 0.2) is 0 Å². The summed E-state index contributed by atoms with van der Waals surface area (Å²) in [4.78, 5) is 2.41. The number of hydrogen-bond acceptors (Lipinski definition) is 2. The van der Waals surface area contributed by atoms with Crippen LogP contribution in [0.5, 0.6) is 0 Å². The molecule has 1 N–H and O–H groups in total. The third-order valence-corrected chi connectivity index (χ3v) is 2.06. The maximum Gasteiger partial charge on any atom is 0.0602 e. The van der Waals surface area contributed by atoms with Crippen LogP contribution < -0.4 is 5.32 Å². The Balaban J connectivity index is 2.22. The summed E-state index contributed by atoms with van der Waals surface area (Å²) < 4.78 is 0. The summed E-state index contributed by atoms with van der Waals surface area (Å²) in [6, 6.07) is 0.627. The normalized spacial score (nSPS) is 24.7. The van der Waals surface area contributed by atoms with Crippen LogP contribution in [0.15, 0.2) is 0 Å². The number of piperazine rings is 1. The summed E-state index contributed by atoms with van der Waals surface area (Å²) in [6.07, 6.45) is 0.974. The highest BCUT2D eigenvalue weighted by molar-refractivity contribution is 5.01. The number of hydrogen-bond donors (Lipinski definition) is 1. The van der Waals surface area contributed by atoms with Crippen molar-refractivity contribution in [3.63, 3.8) is 0 Å². The van der Waals surface area contributed by atoms with Crippen molar-refractivity contribution < 1.29 is 0 Å². The van der Waals surface area contributed by atoms with Crippen LogP contribution >= 0.6 is 0 Å². The summed E-state index contributed by atoms with van der Waals surface area (Å²) in [7, 11) is 0. The van der Waals surface area contributed by atoms with Crippen molar-refractivity contribution in [2.24, 2.45) is 0 Å². The molecule has 1 aliphatic heterocycles. The number of nitrogens with one attached hydrogen (secondary N) is 1. The van der Waals surface area contributed by atoms with Crippen LogP contribution in [0.25, 0.3) is 0 Å². The van der Waals surface area contributed by atoms with Gasteiger partial charge in [0.2, 0.25) is 0 Å². The third kappa shape index (κ3) is 3.25. The molecule has 2 heteroatoms. The highest BCUT2D eigenvalue weighted by Gasteiger charge is 2.13. The van der Waals surface area contributed by atoms with Gasteiger partial charge in [0, 0.05) is 32.1 Å². The molecule has 12 heavy (non-hydrogen) atoms. The second-order valence-electron chi connectivity index (χ2n) is 3.30. The summed E-state index contributed by atoms with van der Waals surface area (Å²) in [5.74, 6) is 6.27. The molecule has 2 nitrogen and oxygen atoms in total. The summed E-state index contributed by atoms with van der Waals surface area (Å²) in [5.41, 5.74) is 0. The van der Waals surface area contributed by atoms with Crippen LogP contribution in [-0.2, 0) is 0 Å². The van der Waals surface area contributed by atoms with E-state index in [0.717, 1.165) is 32.6 Å². The first-order chi connectivity index (χ1) is 5.83. The van der Waals surface area contributed by atoms with Crippen molar-refractivity contribution in [3.8, 4) is 11.8 Å². The maximum absolute atomic E-state index is 3.41. The third-order valence-electron chi connectivity index (χ3n) is 2.06. The van der Waals surface area contributed by atoms with Gasteiger partial charge in [-0.2, -0.15) is 0 Å². The molecule has 0 aromatic heterocycles. The molecule has 1 aliphatic rings.